The van der Waals surface area contributed by atoms with Gasteiger partial charge in [0, 0.05) is 34.9 Å². The van der Waals surface area contributed by atoms with Crippen molar-refractivity contribution in [3.8, 4) is 0 Å². The standard InChI is InChI=1S/C29H31ClN2O2/c1-19-18-27(32(20(2)33)24-16-14-23(30)15-17-24)25-8-6-7-9-26(25)31(19)28(34)21-10-12-22(13-11-21)29(3,4)5/h6-17,19,27H,18H2,1-5H3. The molecule has 2 atom stereocenters. The summed E-state index contributed by atoms with van der Waals surface area (Å²) in [6.07, 6.45) is 0.630. The minimum Gasteiger partial charge on any atom is -0.305 e. The van der Waals surface area contributed by atoms with Crippen LogP contribution in [0.15, 0.2) is 72.8 Å². The quantitative estimate of drug-likeness (QED) is 0.403. The molecule has 4 nitrogen and oxygen atoms in total. The van der Waals surface area contributed by atoms with E-state index >= 15 is 0 Å². The number of benzene rings is 3. The number of carbonyl (C=O) groups is 2. The summed E-state index contributed by atoms with van der Waals surface area (Å²) in [5.41, 5.74) is 4.48. The first-order valence-electron chi connectivity index (χ1n) is 11.7. The van der Waals surface area contributed by atoms with Gasteiger partial charge in [-0.05, 0) is 72.4 Å². The molecule has 3 aromatic rings. The highest BCUT2D eigenvalue weighted by Crippen LogP contribution is 2.43. The molecule has 176 valence electrons. The predicted molar refractivity (Wildman–Crippen MR) is 140 cm³/mol. The maximum absolute atomic E-state index is 13.7. The van der Waals surface area contributed by atoms with E-state index in [2.05, 4.69) is 20.8 Å². The lowest BCUT2D eigenvalue weighted by atomic mass is 9.86. The number of rotatable bonds is 3. The van der Waals surface area contributed by atoms with Gasteiger partial charge in [0.15, 0.2) is 0 Å². The zero-order valence-corrected chi connectivity index (χ0v) is 21.1. The molecule has 2 unspecified atom stereocenters. The first kappa shape index (κ1) is 24.0. The fourth-order valence-corrected chi connectivity index (χ4v) is 4.90. The van der Waals surface area contributed by atoms with Crippen LogP contribution >= 0.6 is 11.6 Å². The topological polar surface area (TPSA) is 40.6 Å². The minimum atomic E-state index is -0.183. The van der Waals surface area contributed by atoms with E-state index in [1.165, 1.54) is 5.56 Å². The molecule has 0 bridgehead atoms. The molecule has 0 aromatic heterocycles. The smallest absolute Gasteiger partial charge is 0.258 e. The van der Waals surface area contributed by atoms with Crippen molar-refractivity contribution in [1.82, 2.24) is 0 Å². The fourth-order valence-electron chi connectivity index (χ4n) is 4.77. The van der Waals surface area contributed by atoms with E-state index in [-0.39, 0.29) is 29.3 Å². The lowest BCUT2D eigenvalue weighted by Gasteiger charge is -2.43. The Morgan fingerprint density at radius 1 is 0.941 bits per heavy atom. The second-order valence-corrected chi connectivity index (χ2v) is 10.5. The molecule has 0 aliphatic carbocycles. The molecule has 0 saturated heterocycles. The van der Waals surface area contributed by atoms with Gasteiger partial charge >= 0.3 is 0 Å². The molecule has 4 rings (SSSR count). The van der Waals surface area contributed by atoms with Crippen molar-refractivity contribution in [2.75, 3.05) is 9.80 Å². The normalized spacial score (nSPS) is 17.8. The third-order valence-electron chi connectivity index (χ3n) is 6.53. The summed E-state index contributed by atoms with van der Waals surface area (Å²) in [4.78, 5) is 30.2. The van der Waals surface area contributed by atoms with E-state index in [9.17, 15) is 9.59 Å². The average Bonchev–Trinajstić information content (AvgIpc) is 2.79. The van der Waals surface area contributed by atoms with Crippen molar-refractivity contribution in [2.45, 2.75) is 58.5 Å². The van der Waals surface area contributed by atoms with Gasteiger partial charge in [-0.2, -0.15) is 0 Å². The molecule has 0 radical (unpaired) electrons. The largest absolute Gasteiger partial charge is 0.305 e. The highest BCUT2D eigenvalue weighted by Gasteiger charge is 2.38. The van der Waals surface area contributed by atoms with Crippen LogP contribution in [0, 0.1) is 0 Å². The number of fused-ring (bicyclic) bond motifs is 1. The molecule has 0 fully saturated rings. The number of para-hydroxylation sites is 1. The van der Waals surface area contributed by atoms with Crippen LogP contribution < -0.4 is 9.80 Å². The molecule has 1 aliphatic heterocycles. The van der Waals surface area contributed by atoms with Crippen LogP contribution in [-0.2, 0) is 10.2 Å². The number of carbonyl (C=O) groups excluding carboxylic acids is 2. The minimum absolute atomic E-state index is 0.0254. The van der Waals surface area contributed by atoms with E-state index in [0.29, 0.717) is 17.0 Å². The van der Waals surface area contributed by atoms with E-state index < -0.39 is 0 Å². The third-order valence-corrected chi connectivity index (χ3v) is 6.78. The Hall–Kier alpha value is -3.11. The number of halogens is 1. The second kappa shape index (κ2) is 9.27. The molecule has 3 aromatic carbocycles. The van der Waals surface area contributed by atoms with Gasteiger partial charge in [-0.25, -0.2) is 0 Å². The monoisotopic (exact) mass is 474 g/mol. The molecule has 1 aliphatic rings. The van der Waals surface area contributed by atoms with Crippen LogP contribution in [-0.4, -0.2) is 17.9 Å². The summed E-state index contributed by atoms with van der Waals surface area (Å²) in [5.74, 6) is -0.0772. The molecule has 0 spiro atoms. The van der Waals surface area contributed by atoms with Gasteiger partial charge in [0.25, 0.3) is 5.91 Å². The van der Waals surface area contributed by atoms with Crippen molar-refractivity contribution in [3.63, 3.8) is 0 Å². The Kier molecular flexibility index (Phi) is 6.55. The first-order chi connectivity index (χ1) is 16.1. The van der Waals surface area contributed by atoms with Crippen LogP contribution in [0.4, 0.5) is 11.4 Å². The summed E-state index contributed by atoms with van der Waals surface area (Å²) in [6, 6.07) is 22.8. The molecule has 5 heteroatoms. The van der Waals surface area contributed by atoms with Crippen molar-refractivity contribution in [2.24, 2.45) is 0 Å². The van der Waals surface area contributed by atoms with Gasteiger partial charge < -0.3 is 9.80 Å². The van der Waals surface area contributed by atoms with Gasteiger partial charge in [-0.3, -0.25) is 9.59 Å². The van der Waals surface area contributed by atoms with E-state index in [4.69, 9.17) is 11.6 Å². The fraction of sp³-hybridized carbons (Fsp3) is 0.310. The summed E-state index contributed by atoms with van der Waals surface area (Å²) in [6.45, 7) is 10.1. The molecule has 0 N–H and O–H groups in total. The summed E-state index contributed by atoms with van der Waals surface area (Å²) in [7, 11) is 0. The van der Waals surface area contributed by atoms with E-state index in [1.807, 2.05) is 77.4 Å². The van der Waals surface area contributed by atoms with Crippen molar-refractivity contribution < 1.29 is 9.59 Å². The van der Waals surface area contributed by atoms with E-state index in [0.717, 1.165) is 16.9 Å². The Labute approximate surface area is 207 Å². The van der Waals surface area contributed by atoms with Gasteiger partial charge in [0.05, 0.1) is 6.04 Å². The number of amides is 2. The number of nitrogens with zero attached hydrogens (tertiary/aromatic N) is 2. The average molecular weight is 475 g/mol. The number of hydrogen-bond donors (Lipinski definition) is 0. The molecular formula is C29H31ClN2O2. The Morgan fingerprint density at radius 2 is 1.56 bits per heavy atom. The van der Waals surface area contributed by atoms with Crippen LogP contribution in [0.3, 0.4) is 0 Å². The zero-order chi connectivity index (χ0) is 24.6. The molecule has 0 saturated carbocycles. The van der Waals surface area contributed by atoms with Crippen LogP contribution in [0.25, 0.3) is 0 Å². The molecule has 1 heterocycles. The molecular weight excluding hydrogens is 444 g/mol. The Morgan fingerprint density at radius 3 is 2.15 bits per heavy atom. The van der Waals surface area contributed by atoms with Gasteiger partial charge in [0.2, 0.25) is 5.91 Å². The van der Waals surface area contributed by atoms with Crippen molar-refractivity contribution >= 4 is 34.8 Å². The maximum atomic E-state index is 13.7. The highest BCUT2D eigenvalue weighted by atomic mass is 35.5. The lowest BCUT2D eigenvalue weighted by Crippen LogP contribution is -2.47. The Bertz CT molecular complexity index is 1200. The van der Waals surface area contributed by atoms with Gasteiger partial charge in [-0.1, -0.05) is 62.7 Å². The van der Waals surface area contributed by atoms with Crippen LogP contribution in [0.1, 0.15) is 68.6 Å². The Balaban J connectivity index is 1.73. The molecule has 2 amide bonds. The zero-order valence-electron chi connectivity index (χ0n) is 20.4. The van der Waals surface area contributed by atoms with Crippen LogP contribution in [0.5, 0.6) is 0 Å². The second-order valence-electron chi connectivity index (χ2n) is 10.0. The predicted octanol–water partition coefficient (Wildman–Crippen LogP) is 7.17. The lowest BCUT2D eigenvalue weighted by molar-refractivity contribution is -0.117. The first-order valence-corrected chi connectivity index (χ1v) is 12.0. The van der Waals surface area contributed by atoms with Crippen molar-refractivity contribution in [1.29, 1.82) is 0 Å². The van der Waals surface area contributed by atoms with Gasteiger partial charge in [0.1, 0.15) is 0 Å². The summed E-state index contributed by atoms with van der Waals surface area (Å²) >= 11 is 6.09. The highest BCUT2D eigenvalue weighted by molar-refractivity contribution is 6.30. The number of anilines is 2. The SMILES string of the molecule is CC(=O)N(c1ccc(Cl)cc1)C1CC(C)N(C(=O)c2ccc(C(C)(C)C)cc2)c2ccccc21. The summed E-state index contributed by atoms with van der Waals surface area (Å²) < 4.78 is 0. The van der Waals surface area contributed by atoms with Crippen molar-refractivity contribution in [3.05, 3.63) is 94.5 Å². The van der Waals surface area contributed by atoms with Gasteiger partial charge in [-0.15, -0.1) is 0 Å². The van der Waals surface area contributed by atoms with E-state index in [1.54, 1.807) is 19.1 Å². The number of hydrogen-bond acceptors (Lipinski definition) is 2. The third kappa shape index (κ3) is 4.60. The summed E-state index contributed by atoms with van der Waals surface area (Å²) in [5, 5.41) is 0.624. The maximum Gasteiger partial charge on any atom is 0.258 e. The molecule has 34 heavy (non-hydrogen) atoms. The van der Waals surface area contributed by atoms with Crippen LogP contribution in [0.2, 0.25) is 5.02 Å².